The summed E-state index contributed by atoms with van der Waals surface area (Å²) in [5.41, 5.74) is 0.311. The summed E-state index contributed by atoms with van der Waals surface area (Å²) in [6.45, 7) is -4.30. The first-order chi connectivity index (χ1) is 17.3. The van der Waals surface area contributed by atoms with Crippen LogP contribution in [0.3, 0.4) is 0 Å². The topological polar surface area (TPSA) is 144 Å². The summed E-state index contributed by atoms with van der Waals surface area (Å²) in [6, 6.07) is 6.19. The Morgan fingerprint density at radius 1 is 0.906 bits per heavy atom. The van der Waals surface area contributed by atoms with E-state index in [0.29, 0.717) is 5.56 Å². The Kier molecular flexibility index (Phi) is 6.97. The molecular formula is C21H26O11. The van der Waals surface area contributed by atoms with Crippen molar-refractivity contribution in [1.82, 2.24) is 0 Å². The largest absolute Gasteiger partial charge is 0.463 e. The number of aliphatic hydroxyl groups excluding tert-OH is 1. The summed E-state index contributed by atoms with van der Waals surface area (Å²) in [5.74, 6) is -4.12. The van der Waals surface area contributed by atoms with Gasteiger partial charge in [-0.3, -0.25) is 19.2 Å². The lowest BCUT2D eigenvalue weighted by Crippen LogP contribution is -2.63. The highest BCUT2D eigenvalue weighted by Crippen LogP contribution is 2.32. The standard InChI is InChI=1S/C21H26O11/c1-11(23)27-10-17-18(28-12(2)24)19(29-13(3)25)20(30-14(4)26)21(32-17)31-16-8-6-5-7-15(16)9-22/h5-8,17-22H,9-10H2,1-4H3/t17-,18+,19+,20-,21?/m1/s1/i1D,2D,3D,4D. The summed E-state index contributed by atoms with van der Waals surface area (Å²) in [4.78, 5) is 47.7. The molecule has 0 bridgehead atoms. The minimum atomic E-state index is -1.66. The van der Waals surface area contributed by atoms with Crippen LogP contribution in [0.1, 0.15) is 38.6 Å². The molecule has 176 valence electrons. The number of hydrogen-bond donors (Lipinski definition) is 1. The molecule has 1 aromatic rings. The van der Waals surface area contributed by atoms with Gasteiger partial charge in [-0.25, -0.2) is 0 Å². The molecule has 0 radical (unpaired) electrons. The van der Waals surface area contributed by atoms with Crippen LogP contribution in [0.15, 0.2) is 24.3 Å². The quantitative estimate of drug-likeness (QED) is 0.433. The van der Waals surface area contributed by atoms with Crippen LogP contribution in [0.2, 0.25) is 0 Å². The highest BCUT2D eigenvalue weighted by molar-refractivity contribution is 5.68. The maximum Gasteiger partial charge on any atom is 0.303 e. The third-order valence-corrected chi connectivity index (χ3v) is 4.19. The zero-order valence-electron chi connectivity index (χ0n) is 21.0. The number of para-hydroxylation sites is 1. The van der Waals surface area contributed by atoms with E-state index in [2.05, 4.69) is 0 Å². The Morgan fingerprint density at radius 2 is 1.50 bits per heavy atom. The number of rotatable bonds is 8. The van der Waals surface area contributed by atoms with Crippen molar-refractivity contribution in [3.8, 4) is 5.75 Å². The van der Waals surface area contributed by atoms with E-state index < -0.39 is 95.4 Å². The molecule has 32 heavy (non-hydrogen) atoms. The van der Waals surface area contributed by atoms with E-state index in [1.54, 1.807) is 12.1 Å². The van der Waals surface area contributed by atoms with Gasteiger partial charge in [0.15, 0.2) is 12.2 Å². The van der Waals surface area contributed by atoms with E-state index in [0.717, 1.165) is 0 Å². The van der Waals surface area contributed by atoms with E-state index >= 15 is 0 Å². The second kappa shape index (κ2) is 11.4. The molecule has 1 fully saturated rings. The number of carbonyl (C=O) groups excluding carboxylic acids is 4. The van der Waals surface area contributed by atoms with Gasteiger partial charge in [-0.15, -0.1) is 0 Å². The molecule has 1 unspecified atom stereocenters. The highest BCUT2D eigenvalue weighted by atomic mass is 16.7. The third-order valence-electron chi connectivity index (χ3n) is 4.19. The number of ether oxygens (including phenoxy) is 6. The normalized spacial score (nSPS) is 26.3. The fraction of sp³-hybridized carbons (Fsp3) is 0.524. The Morgan fingerprint density at radius 3 is 2.12 bits per heavy atom. The Hall–Kier alpha value is -3.18. The van der Waals surface area contributed by atoms with Crippen LogP contribution in [0.25, 0.3) is 0 Å². The third kappa shape index (κ3) is 6.92. The van der Waals surface area contributed by atoms with Crippen molar-refractivity contribution in [3.05, 3.63) is 29.8 Å². The molecule has 0 amide bonds. The summed E-state index contributed by atoms with van der Waals surface area (Å²) < 4.78 is 61.1. The van der Waals surface area contributed by atoms with E-state index in [1.165, 1.54) is 12.1 Å². The van der Waals surface area contributed by atoms with Crippen molar-refractivity contribution in [1.29, 1.82) is 0 Å². The first-order valence-electron chi connectivity index (χ1n) is 12.0. The fourth-order valence-corrected chi connectivity index (χ4v) is 3.01. The molecular weight excluding hydrogens is 428 g/mol. The summed E-state index contributed by atoms with van der Waals surface area (Å²) in [7, 11) is 0. The van der Waals surface area contributed by atoms with Gasteiger partial charge < -0.3 is 33.5 Å². The molecule has 1 aliphatic rings. The molecule has 0 aromatic heterocycles. The van der Waals surface area contributed by atoms with Crippen LogP contribution < -0.4 is 4.74 Å². The number of aliphatic hydroxyl groups is 1. The molecule has 1 aromatic carbocycles. The van der Waals surface area contributed by atoms with E-state index in [4.69, 9.17) is 33.9 Å². The Labute approximate surface area is 190 Å². The van der Waals surface area contributed by atoms with Gasteiger partial charge in [-0.2, -0.15) is 0 Å². The van der Waals surface area contributed by atoms with Crippen molar-refractivity contribution in [2.24, 2.45) is 0 Å². The van der Waals surface area contributed by atoms with Crippen LogP contribution in [0.4, 0.5) is 0 Å². The smallest absolute Gasteiger partial charge is 0.303 e. The Balaban J connectivity index is 2.53. The lowest BCUT2D eigenvalue weighted by Gasteiger charge is -2.44. The first-order valence-corrected chi connectivity index (χ1v) is 9.19. The second-order valence-electron chi connectivity index (χ2n) is 6.47. The fourth-order valence-electron chi connectivity index (χ4n) is 3.01. The molecule has 1 saturated heterocycles. The summed E-state index contributed by atoms with van der Waals surface area (Å²) >= 11 is 0. The molecule has 0 spiro atoms. The SMILES string of the molecule is [2H]CC(=O)OC[C@H]1OC(Oc2ccccc2CO)[C@H](OC(=O)C[2H])[C@@H](OC(=O)C[2H])[C@H]1OC(=O)C[2H]. The molecule has 11 heteroatoms. The molecule has 2 rings (SSSR count). The van der Waals surface area contributed by atoms with Gasteiger partial charge in [0.05, 0.1) is 6.61 Å². The number of hydrogen-bond acceptors (Lipinski definition) is 11. The zero-order valence-corrected chi connectivity index (χ0v) is 17.0. The zero-order chi connectivity index (χ0) is 26.7. The van der Waals surface area contributed by atoms with E-state index in [9.17, 15) is 24.3 Å². The lowest BCUT2D eigenvalue weighted by atomic mass is 9.98. The van der Waals surface area contributed by atoms with Gasteiger partial charge in [-0.1, -0.05) is 18.2 Å². The van der Waals surface area contributed by atoms with E-state index in [1.807, 2.05) is 0 Å². The number of esters is 4. The van der Waals surface area contributed by atoms with Gasteiger partial charge >= 0.3 is 23.9 Å². The van der Waals surface area contributed by atoms with Gasteiger partial charge in [-0.05, 0) is 6.07 Å². The van der Waals surface area contributed by atoms with Crippen molar-refractivity contribution in [2.75, 3.05) is 6.61 Å². The van der Waals surface area contributed by atoms with E-state index in [-0.39, 0.29) is 5.75 Å². The maximum atomic E-state index is 12.1. The Bertz CT molecular complexity index is 916. The average molecular weight is 458 g/mol. The summed E-state index contributed by atoms with van der Waals surface area (Å²) in [6.07, 6.45) is -7.88. The first kappa shape index (κ1) is 19.5. The average Bonchev–Trinajstić information content (AvgIpc) is 2.90. The minimum absolute atomic E-state index is 0.0889. The van der Waals surface area contributed by atoms with Gasteiger partial charge in [0.2, 0.25) is 12.4 Å². The molecule has 5 atom stereocenters. The highest BCUT2D eigenvalue weighted by Gasteiger charge is 2.53. The van der Waals surface area contributed by atoms with Crippen LogP contribution in [0, 0.1) is 0 Å². The molecule has 1 heterocycles. The van der Waals surface area contributed by atoms with Gasteiger partial charge in [0.1, 0.15) is 18.5 Å². The number of benzene rings is 1. The molecule has 0 saturated carbocycles. The van der Waals surface area contributed by atoms with Crippen molar-refractivity contribution in [2.45, 2.75) is 64.9 Å². The number of carbonyl (C=O) groups is 4. The molecule has 0 aliphatic carbocycles. The molecule has 1 N–H and O–H groups in total. The van der Waals surface area contributed by atoms with Crippen LogP contribution in [-0.4, -0.2) is 66.3 Å². The minimum Gasteiger partial charge on any atom is -0.463 e. The molecule has 11 nitrogen and oxygen atoms in total. The van der Waals surface area contributed by atoms with Crippen molar-refractivity contribution >= 4 is 23.9 Å². The van der Waals surface area contributed by atoms with Gasteiger partial charge in [0.25, 0.3) is 0 Å². The second-order valence-corrected chi connectivity index (χ2v) is 6.47. The van der Waals surface area contributed by atoms with Gasteiger partial charge in [0, 0.05) is 38.6 Å². The van der Waals surface area contributed by atoms with Crippen molar-refractivity contribution in [3.63, 3.8) is 0 Å². The van der Waals surface area contributed by atoms with Crippen LogP contribution >= 0.6 is 0 Å². The van der Waals surface area contributed by atoms with Crippen molar-refractivity contribution < 1.29 is 58.2 Å². The lowest BCUT2D eigenvalue weighted by molar-refractivity contribution is -0.288. The monoisotopic (exact) mass is 458 g/mol. The maximum absolute atomic E-state index is 12.1. The van der Waals surface area contributed by atoms with Crippen LogP contribution in [0.5, 0.6) is 5.75 Å². The summed E-state index contributed by atoms with van der Waals surface area (Å²) in [5, 5.41) is 9.62. The van der Waals surface area contributed by atoms with Crippen LogP contribution in [-0.2, 0) is 49.5 Å². The predicted octanol–water partition coefficient (Wildman–Crippen LogP) is 0.641. The molecule has 1 aliphatic heterocycles. The predicted molar refractivity (Wildman–Crippen MR) is 105 cm³/mol.